The van der Waals surface area contributed by atoms with Crippen molar-refractivity contribution in [3.05, 3.63) is 36.0 Å². The van der Waals surface area contributed by atoms with Crippen molar-refractivity contribution in [3.8, 4) is 0 Å². The third kappa shape index (κ3) is 6.97. The van der Waals surface area contributed by atoms with Crippen LogP contribution < -0.4 is 21.3 Å². The molecule has 1 saturated heterocycles. The van der Waals surface area contributed by atoms with Crippen LogP contribution in [-0.4, -0.2) is 77.0 Å². The topological polar surface area (TPSA) is 152 Å². The number of aromatic amines is 1. The molecule has 3 atom stereocenters. The van der Waals surface area contributed by atoms with Gasteiger partial charge in [0.15, 0.2) is 0 Å². The quantitative estimate of drug-likeness (QED) is 0.252. The number of fused-ring (bicyclic) bond motifs is 1. The van der Waals surface area contributed by atoms with E-state index in [9.17, 15) is 24.3 Å². The number of carboxylic acid groups (broad SMARTS) is 1. The molecule has 0 bridgehead atoms. The zero-order valence-electron chi connectivity index (χ0n) is 19.1. The number of carboxylic acids is 1. The van der Waals surface area contributed by atoms with Gasteiger partial charge in [0.05, 0.1) is 12.6 Å². The summed E-state index contributed by atoms with van der Waals surface area (Å²) < 4.78 is 0. The Balaban J connectivity index is 1.54. The van der Waals surface area contributed by atoms with Gasteiger partial charge in [0.2, 0.25) is 17.7 Å². The van der Waals surface area contributed by atoms with E-state index in [2.05, 4.69) is 26.3 Å². The summed E-state index contributed by atoms with van der Waals surface area (Å²) in [5, 5.41) is 21.3. The molecular formula is C23H31N5O5S. The molecule has 6 N–H and O–H groups in total. The van der Waals surface area contributed by atoms with Crippen LogP contribution in [0.25, 0.3) is 10.9 Å². The first kappa shape index (κ1) is 25.6. The molecule has 2 heterocycles. The van der Waals surface area contributed by atoms with Crippen LogP contribution >= 0.6 is 11.8 Å². The normalized spacial score (nSPS) is 17.1. The fourth-order valence-electron chi connectivity index (χ4n) is 3.94. The Morgan fingerprint density at radius 1 is 1.18 bits per heavy atom. The fourth-order valence-corrected chi connectivity index (χ4v) is 4.41. The van der Waals surface area contributed by atoms with Crippen LogP contribution in [0.4, 0.5) is 0 Å². The SMILES string of the molecule is CSCCC(NC(=O)C1CCCN1)C(=O)NCC(=O)NC(Cc1c[nH]c2ccccc12)C(=O)O. The van der Waals surface area contributed by atoms with E-state index in [0.717, 1.165) is 35.9 Å². The lowest BCUT2D eigenvalue weighted by atomic mass is 10.0. The molecule has 0 saturated carbocycles. The average molecular weight is 490 g/mol. The standard InChI is InChI=1S/C23H31N5O5S/c1-34-10-8-18(28-22(31)17-7-4-9-24-17)21(30)26-13-20(29)27-19(23(32)33)11-14-12-25-16-6-3-2-5-15(14)16/h2-3,5-6,12,17-19,24-25H,4,7-11,13H2,1H3,(H,26,30)(H,27,29)(H,28,31)(H,32,33). The van der Waals surface area contributed by atoms with Gasteiger partial charge in [-0.1, -0.05) is 18.2 Å². The maximum atomic E-state index is 12.7. The summed E-state index contributed by atoms with van der Waals surface area (Å²) in [6, 6.07) is 5.28. The van der Waals surface area contributed by atoms with Gasteiger partial charge in [-0.3, -0.25) is 14.4 Å². The summed E-state index contributed by atoms with van der Waals surface area (Å²) in [6.45, 7) is 0.382. The molecule has 1 fully saturated rings. The van der Waals surface area contributed by atoms with Crippen molar-refractivity contribution in [1.29, 1.82) is 0 Å². The highest BCUT2D eigenvalue weighted by Crippen LogP contribution is 2.19. The molecule has 11 heteroatoms. The first-order valence-corrected chi connectivity index (χ1v) is 12.7. The predicted octanol–water partition coefficient (Wildman–Crippen LogP) is 0.386. The Kier molecular flexibility index (Phi) is 9.34. The first-order valence-electron chi connectivity index (χ1n) is 11.3. The lowest BCUT2D eigenvalue weighted by Gasteiger charge is -2.21. The largest absolute Gasteiger partial charge is 0.480 e. The Hall–Kier alpha value is -3.05. The summed E-state index contributed by atoms with van der Waals surface area (Å²) in [5.41, 5.74) is 1.65. The van der Waals surface area contributed by atoms with Crippen molar-refractivity contribution in [2.75, 3.05) is 25.1 Å². The number of aliphatic carboxylic acids is 1. The van der Waals surface area contributed by atoms with Crippen molar-refractivity contribution in [2.24, 2.45) is 0 Å². The Bertz CT molecular complexity index is 1020. The summed E-state index contributed by atoms with van der Waals surface area (Å²) in [5.74, 6) is -1.83. The Morgan fingerprint density at radius 2 is 1.97 bits per heavy atom. The second kappa shape index (κ2) is 12.4. The fraction of sp³-hybridized carbons (Fsp3) is 0.478. The molecule has 3 amide bonds. The van der Waals surface area contributed by atoms with E-state index in [1.54, 1.807) is 18.0 Å². The summed E-state index contributed by atoms with van der Waals surface area (Å²) in [7, 11) is 0. The lowest BCUT2D eigenvalue weighted by Crippen LogP contribution is -2.53. The highest BCUT2D eigenvalue weighted by molar-refractivity contribution is 7.98. The van der Waals surface area contributed by atoms with Crippen molar-refractivity contribution >= 4 is 46.4 Å². The van der Waals surface area contributed by atoms with E-state index < -0.39 is 29.9 Å². The second-order valence-electron chi connectivity index (χ2n) is 8.23. The molecular weight excluding hydrogens is 458 g/mol. The van der Waals surface area contributed by atoms with E-state index in [1.165, 1.54) is 0 Å². The van der Waals surface area contributed by atoms with Gasteiger partial charge in [-0.25, -0.2) is 4.79 Å². The zero-order chi connectivity index (χ0) is 24.5. The molecule has 10 nitrogen and oxygen atoms in total. The van der Waals surface area contributed by atoms with Gasteiger partial charge in [0, 0.05) is 23.5 Å². The summed E-state index contributed by atoms with van der Waals surface area (Å²) in [4.78, 5) is 52.3. The van der Waals surface area contributed by atoms with E-state index in [-0.39, 0.29) is 24.9 Å². The smallest absolute Gasteiger partial charge is 0.326 e. The van der Waals surface area contributed by atoms with Gasteiger partial charge in [0.25, 0.3) is 0 Å². The molecule has 0 radical (unpaired) electrons. The molecule has 0 aliphatic carbocycles. The number of H-pyrrole nitrogens is 1. The molecule has 184 valence electrons. The number of carbonyl (C=O) groups excluding carboxylic acids is 3. The predicted molar refractivity (Wildman–Crippen MR) is 131 cm³/mol. The molecule has 1 aliphatic heterocycles. The minimum Gasteiger partial charge on any atom is -0.480 e. The van der Waals surface area contributed by atoms with Gasteiger partial charge < -0.3 is 31.4 Å². The zero-order valence-corrected chi connectivity index (χ0v) is 19.9. The molecule has 3 unspecified atom stereocenters. The molecule has 1 aromatic heterocycles. The minimum atomic E-state index is -1.17. The monoisotopic (exact) mass is 489 g/mol. The molecule has 34 heavy (non-hydrogen) atoms. The number of carbonyl (C=O) groups is 4. The van der Waals surface area contributed by atoms with Crippen LogP contribution in [0.5, 0.6) is 0 Å². The van der Waals surface area contributed by atoms with Crippen molar-refractivity contribution in [1.82, 2.24) is 26.3 Å². The number of thioether (sulfide) groups is 1. The third-order valence-electron chi connectivity index (χ3n) is 5.78. The van der Waals surface area contributed by atoms with Crippen LogP contribution in [0.15, 0.2) is 30.5 Å². The number of rotatable bonds is 12. The van der Waals surface area contributed by atoms with Crippen LogP contribution in [0.2, 0.25) is 0 Å². The van der Waals surface area contributed by atoms with Gasteiger partial charge in [-0.05, 0) is 49.4 Å². The molecule has 1 aromatic carbocycles. The molecule has 1 aliphatic rings. The number of para-hydroxylation sites is 1. The minimum absolute atomic E-state index is 0.0971. The number of benzene rings is 1. The number of hydrogen-bond donors (Lipinski definition) is 6. The average Bonchev–Trinajstić information content (AvgIpc) is 3.50. The summed E-state index contributed by atoms with van der Waals surface area (Å²) >= 11 is 1.55. The van der Waals surface area contributed by atoms with Gasteiger partial charge in [0.1, 0.15) is 12.1 Å². The highest BCUT2D eigenvalue weighted by atomic mass is 32.2. The van der Waals surface area contributed by atoms with Crippen LogP contribution in [0.1, 0.15) is 24.8 Å². The molecule has 0 spiro atoms. The lowest BCUT2D eigenvalue weighted by molar-refractivity contribution is -0.141. The first-order chi connectivity index (χ1) is 16.4. The Labute approximate surface area is 202 Å². The maximum Gasteiger partial charge on any atom is 0.326 e. The number of aromatic nitrogens is 1. The van der Waals surface area contributed by atoms with Crippen LogP contribution in [-0.2, 0) is 25.6 Å². The molecule has 3 rings (SSSR count). The van der Waals surface area contributed by atoms with Crippen molar-refractivity contribution < 1.29 is 24.3 Å². The third-order valence-corrected chi connectivity index (χ3v) is 6.42. The van der Waals surface area contributed by atoms with Gasteiger partial charge >= 0.3 is 5.97 Å². The second-order valence-corrected chi connectivity index (χ2v) is 9.22. The van der Waals surface area contributed by atoms with E-state index in [4.69, 9.17) is 0 Å². The van der Waals surface area contributed by atoms with E-state index in [0.29, 0.717) is 12.2 Å². The van der Waals surface area contributed by atoms with Crippen molar-refractivity contribution in [2.45, 2.75) is 43.8 Å². The summed E-state index contributed by atoms with van der Waals surface area (Å²) in [6.07, 6.45) is 5.78. The highest BCUT2D eigenvalue weighted by Gasteiger charge is 2.28. The number of nitrogens with one attached hydrogen (secondary N) is 5. The van der Waals surface area contributed by atoms with Crippen LogP contribution in [0.3, 0.4) is 0 Å². The van der Waals surface area contributed by atoms with Gasteiger partial charge in [-0.2, -0.15) is 11.8 Å². The van der Waals surface area contributed by atoms with Crippen molar-refractivity contribution in [3.63, 3.8) is 0 Å². The number of amides is 3. The van der Waals surface area contributed by atoms with Crippen LogP contribution in [0, 0.1) is 0 Å². The number of hydrogen-bond acceptors (Lipinski definition) is 6. The maximum absolute atomic E-state index is 12.7. The molecule has 2 aromatic rings. The Morgan fingerprint density at radius 3 is 2.68 bits per heavy atom. The van der Waals surface area contributed by atoms with Gasteiger partial charge in [-0.15, -0.1) is 0 Å². The van der Waals surface area contributed by atoms with E-state index in [1.807, 2.05) is 30.5 Å². The van der Waals surface area contributed by atoms with E-state index >= 15 is 0 Å².